The number of imidazole rings is 1. The van der Waals surface area contributed by atoms with E-state index >= 15 is 0 Å². The van der Waals surface area contributed by atoms with E-state index in [1.807, 2.05) is 35.0 Å². The fourth-order valence-electron chi connectivity index (χ4n) is 2.53. The van der Waals surface area contributed by atoms with E-state index in [9.17, 15) is 14.9 Å². The van der Waals surface area contributed by atoms with E-state index in [1.54, 1.807) is 14.0 Å². The highest BCUT2D eigenvalue weighted by atomic mass is 16.6. The van der Waals surface area contributed by atoms with Crippen LogP contribution in [0, 0.1) is 10.1 Å². The van der Waals surface area contributed by atoms with Crippen LogP contribution in [0.25, 0.3) is 5.65 Å². The Balaban J connectivity index is 1.87. The minimum Gasteiger partial charge on any atom is -0.334 e. The first-order valence-electron chi connectivity index (χ1n) is 7.39. The number of carbonyl (C=O) groups excluding carboxylic acids is 1. The Morgan fingerprint density at radius 3 is 2.88 bits per heavy atom. The molecule has 124 valence electrons. The van der Waals surface area contributed by atoms with Crippen LogP contribution in [0.5, 0.6) is 0 Å². The van der Waals surface area contributed by atoms with Crippen molar-refractivity contribution in [3.8, 4) is 0 Å². The molecule has 9 nitrogen and oxygen atoms in total. The van der Waals surface area contributed by atoms with E-state index in [0.29, 0.717) is 12.2 Å². The van der Waals surface area contributed by atoms with Gasteiger partial charge in [0.2, 0.25) is 5.69 Å². The van der Waals surface area contributed by atoms with Gasteiger partial charge in [0.05, 0.1) is 17.2 Å². The Morgan fingerprint density at radius 1 is 1.42 bits per heavy atom. The average Bonchev–Trinajstić information content (AvgIpc) is 3.16. The maximum Gasteiger partial charge on any atom is 0.320 e. The van der Waals surface area contributed by atoms with Crippen LogP contribution in [0.2, 0.25) is 0 Å². The van der Waals surface area contributed by atoms with Crippen LogP contribution in [0.3, 0.4) is 0 Å². The van der Waals surface area contributed by atoms with Crippen molar-refractivity contribution in [2.45, 2.75) is 20.0 Å². The van der Waals surface area contributed by atoms with Crippen LogP contribution in [0.4, 0.5) is 5.69 Å². The molecule has 3 rings (SSSR count). The molecule has 0 radical (unpaired) electrons. The Bertz CT molecular complexity index is 880. The molecule has 3 aromatic rings. The Labute approximate surface area is 137 Å². The third-order valence-electron chi connectivity index (χ3n) is 3.68. The molecule has 3 heterocycles. The van der Waals surface area contributed by atoms with E-state index in [0.717, 1.165) is 11.8 Å². The molecular weight excluding hydrogens is 312 g/mol. The Hall–Kier alpha value is -3.23. The zero-order chi connectivity index (χ0) is 17.3. The van der Waals surface area contributed by atoms with Gasteiger partial charge in [-0.3, -0.25) is 19.6 Å². The minimum absolute atomic E-state index is 0.0197. The van der Waals surface area contributed by atoms with E-state index in [1.165, 1.54) is 9.58 Å². The molecule has 0 bridgehead atoms. The molecule has 9 heteroatoms. The number of amides is 1. The van der Waals surface area contributed by atoms with E-state index in [-0.39, 0.29) is 17.9 Å². The molecule has 0 saturated carbocycles. The van der Waals surface area contributed by atoms with Crippen molar-refractivity contribution < 1.29 is 9.72 Å². The van der Waals surface area contributed by atoms with Crippen molar-refractivity contribution >= 4 is 17.2 Å². The summed E-state index contributed by atoms with van der Waals surface area (Å²) in [4.78, 5) is 29.0. The van der Waals surface area contributed by atoms with Gasteiger partial charge in [0.1, 0.15) is 11.8 Å². The van der Waals surface area contributed by atoms with Crippen LogP contribution in [-0.4, -0.2) is 41.9 Å². The highest BCUT2D eigenvalue weighted by Gasteiger charge is 2.28. The maximum atomic E-state index is 12.7. The molecule has 0 spiro atoms. The molecule has 0 aromatic carbocycles. The maximum absolute atomic E-state index is 12.7. The first-order chi connectivity index (χ1) is 11.5. The molecule has 0 aliphatic rings. The number of hydrogen-bond donors (Lipinski definition) is 0. The minimum atomic E-state index is -0.592. The predicted molar refractivity (Wildman–Crippen MR) is 85.5 cm³/mol. The van der Waals surface area contributed by atoms with Gasteiger partial charge in [0.25, 0.3) is 5.91 Å². The molecule has 1 amide bonds. The summed E-state index contributed by atoms with van der Waals surface area (Å²) in [5, 5.41) is 15.0. The molecule has 0 unspecified atom stereocenters. The normalized spacial score (nSPS) is 10.9. The fourth-order valence-corrected chi connectivity index (χ4v) is 2.53. The molecular formula is C15H16N6O3. The number of fused-ring (bicyclic) bond motifs is 1. The standard InChI is InChI=1S/C15H16N6O3/c1-3-20-14(12(8-16-20)21(23)24)15(22)18(2)9-11-10-19-7-5-4-6-13(19)17-11/h4-8,10H,3,9H2,1-2H3. The highest BCUT2D eigenvalue weighted by molar-refractivity contribution is 5.96. The summed E-state index contributed by atoms with van der Waals surface area (Å²) in [5.41, 5.74) is 1.16. The van der Waals surface area contributed by atoms with Gasteiger partial charge in [-0.25, -0.2) is 4.98 Å². The lowest BCUT2D eigenvalue weighted by molar-refractivity contribution is -0.385. The third-order valence-corrected chi connectivity index (χ3v) is 3.68. The molecule has 0 saturated heterocycles. The Kier molecular flexibility index (Phi) is 3.98. The summed E-state index contributed by atoms with van der Waals surface area (Å²) in [6.45, 7) is 2.39. The van der Waals surface area contributed by atoms with Crippen LogP contribution < -0.4 is 0 Å². The summed E-state index contributed by atoms with van der Waals surface area (Å²) >= 11 is 0. The van der Waals surface area contributed by atoms with Crippen LogP contribution in [0.15, 0.2) is 36.8 Å². The lowest BCUT2D eigenvalue weighted by Gasteiger charge is -2.15. The first kappa shape index (κ1) is 15.7. The van der Waals surface area contributed by atoms with Gasteiger partial charge in [0.15, 0.2) is 0 Å². The lowest BCUT2D eigenvalue weighted by Crippen LogP contribution is -2.29. The largest absolute Gasteiger partial charge is 0.334 e. The molecule has 3 aromatic heterocycles. The van der Waals surface area contributed by atoms with Gasteiger partial charge < -0.3 is 9.30 Å². The first-order valence-corrected chi connectivity index (χ1v) is 7.39. The quantitative estimate of drug-likeness (QED) is 0.524. The SMILES string of the molecule is CCn1ncc([N+](=O)[O-])c1C(=O)N(C)Cc1cn2ccccc2n1. The number of aromatic nitrogens is 4. The summed E-state index contributed by atoms with van der Waals surface area (Å²) < 4.78 is 3.19. The van der Waals surface area contributed by atoms with Crippen molar-refractivity contribution in [3.63, 3.8) is 0 Å². The average molecular weight is 328 g/mol. The Morgan fingerprint density at radius 2 is 2.21 bits per heavy atom. The second-order valence-corrected chi connectivity index (χ2v) is 5.31. The predicted octanol–water partition coefficient (Wildman–Crippen LogP) is 1.73. The van der Waals surface area contributed by atoms with Crippen LogP contribution >= 0.6 is 0 Å². The number of hydrogen-bond acceptors (Lipinski definition) is 5. The van der Waals surface area contributed by atoms with E-state index < -0.39 is 10.8 Å². The van der Waals surface area contributed by atoms with Crippen molar-refractivity contribution in [3.05, 3.63) is 58.3 Å². The number of rotatable bonds is 5. The topological polar surface area (TPSA) is 98.6 Å². The summed E-state index contributed by atoms with van der Waals surface area (Å²) in [5.74, 6) is -0.460. The summed E-state index contributed by atoms with van der Waals surface area (Å²) in [6, 6.07) is 5.63. The molecule has 0 atom stereocenters. The summed E-state index contributed by atoms with van der Waals surface area (Å²) in [7, 11) is 1.59. The zero-order valence-electron chi connectivity index (χ0n) is 13.3. The van der Waals surface area contributed by atoms with Crippen LogP contribution in [-0.2, 0) is 13.1 Å². The van der Waals surface area contributed by atoms with Gasteiger partial charge in [-0.15, -0.1) is 0 Å². The molecule has 0 fully saturated rings. The third kappa shape index (κ3) is 2.71. The van der Waals surface area contributed by atoms with E-state index in [4.69, 9.17) is 0 Å². The molecule has 0 aliphatic carbocycles. The number of nitro groups is 1. The summed E-state index contributed by atoms with van der Waals surface area (Å²) in [6.07, 6.45) is 4.80. The number of carbonyl (C=O) groups is 1. The van der Waals surface area contributed by atoms with Gasteiger partial charge in [0, 0.05) is 26.0 Å². The van der Waals surface area contributed by atoms with Gasteiger partial charge in [-0.1, -0.05) is 6.07 Å². The van der Waals surface area contributed by atoms with Crippen LogP contribution in [0.1, 0.15) is 23.1 Å². The second-order valence-electron chi connectivity index (χ2n) is 5.31. The number of aryl methyl sites for hydroxylation is 1. The number of nitrogens with zero attached hydrogens (tertiary/aromatic N) is 6. The monoisotopic (exact) mass is 328 g/mol. The number of pyridine rings is 1. The van der Waals surface area contributed by atoms with Crippen molar-refractivity contribution in [1.82, 2.24) is 24.1 Å². The zero-order valence-corrected chi connectivity index (χ0v) is 13.3. The molecule has 24 heavy (non-hydrogen) atoms. The lowest BCUT2D eigenvalue weighted by atomic mass is 10.3. The van der Waals surface area contributed by atoms with Crippen molar-refractivity contribution in [2.75, 3.05) is 7.05 Å². The van der Waals surface area contributed by atoms with Gasteiger partial charge in [-0.05, 0) is 19.1 Å². The highest BCUT2D eigenvalue weighted by Crippen LogP contribution is 2.20. The smallest absolute Gasteiger partial charge is 0.320 e. The second kappa shape index (κ2) is 6.11. The molecule has 0 aliphatic heterocycles. The van der Waals surface area contributed by atoms with E-state index in [2.05, 4.69) is 10.1 Å². The fraction of sp³-hybridized carbons (Fsp3) is 0.267. The van der Waals surface area contributed by atoms with Crippen molar-refractivity contribution in [2.24, 2.45) is 0 Å². The van der Waals surface area contributed by atoms with Gasteiger partial charge >= 0.3 is 5.69 Å². The van der Waals surface area contributed by atoms with Gasteiger partial charge in [-0.2, -0.15) is 5.10 Å². The molecule has 0 N–H and O–H groups in total. The van der Waals surface area contributed by atoms with Crippen molar-refractivity contribution in [1.29, 1.82) is 0 Å².